The fourth-order valence-corrected chi connectivity index (χ4v) is 2.29. The van der Waals surface area contributed by atoms with Crippen molar-refractivity contribution in [3.05, 3.63) is 72.3 Å². The van der Waals surface area contributed by atoms with Crippen LogP contribution in [0, 0.1) is 6.92 Å². The Morgan fingerprint density at radius 3 is 2.43 bits per heavy atom. The van der Waals surface area contributed by atoms with Crippen molar-refractivity contribution in [2.75, 3.05) is 18.5 Å². The lowest BCUT2D eigenvalue weighted by Crippen LogP contribution is -2.11. The monoisotopic (exact) mass is 277 g/mol. The van der Waals surface area contributed by atoms with Crippen LogP contribution in [0.25, 0.3) is 10.8 Å². The molecule has 21 heavy (non-hydrogen) atoms. The maximum absolute atomic E-state index is 5.80. The van der Waals surface area contributed by atoms with Gasteiger partial charge in [0.25, 0.3) is 0 Å². The number of nitrogens with one attached hydrogen (secondary N) is 1. The second-order valence-corrected chi connectivity index (χ2v) is 5.15. The molecular weight excluding hydrogens is 258 g/mol. The van der Waals surface area contributed by atoms with Crippen molar-refractivity contribution in [3.63, 3.8) is 0 Å². The molecule has 1 N–H and O–H groups in total. The molecule has 3 rings (SSSR count). The molecule has 0 fully saturated rings. The maximum Gasteiger partial charge on any atom is 0.120 e. The highest BCUT2D eigenvalue weighted by Gasteiger charge is 1.97. The zero-order valence-electron chi connectivity index (χ0n) is 12.2. The lowest BCUT2D eigenvalue weighted by molar-refractivity contribution is 0.333. The molecule has 0 amide bonds. The number of benzene rings is 3. The van der Waals surface area contributed by atoms with Gasteiger partial charge in [-0.15, -0.1) is 0 Å². The molecule has 0 aliphatic carbocycles. The standard InChI is InChI=1S/C19H19NO/c1-15-6-9-18(10-7-15)20-12-13-21-19-11-8-16-4-2-3-5-17(16)14-19/h2-11,14,20H,12-13H2,1H3. The first-order valence-corrected chi connectivity index (χ1v) is 7.23. The largest absolute Gasteiger partial charge is 0.492 e. The summed E-state index contributed by atoms with van der Waals surface area (Å²) in [5.41, 5.74) is 2.40. The van der Waals surface area contributed by atoms with Gasteiger partial charge in [0.1, 0.15) is 12.4 Å². The topological polar surface area (TPSA) is 21.3 Å². The Labute approximate surface area is 125 Å². The van der Waals surface area contributed by atoms with Gasteiger partial charge in [-0.25, -0.2) is 0 Å². The van der Waals surface area contributed by atoms with E-state index in [0.717, 1.165) is 18.0 Å². The predicted octanol–water partition coefficient (Wildman–Crippen LogP) is 4.64. The number of anilines is 1. The molecule has 0 bridgehead atoms. The Balaban J connectivity index is 1.53. The van der Waals surface area contributed by atoms with E-state index in [9.17, 15) is 0 Å². The fraction of sp³-hybridized carbons (Fsp3) is 0.158. The number of ether oxygens (including phenoxy) is 1. The summed E-state index contributed by atoms with van der Waals surface area (Å²) in [6, 6.07) is 22.9. The molecule has 0 aliphatic heterocycles. The molecule has 2 heteroatoms. The number of aryl methyl sites for hydroxylation is 1. The van der Waals surface area contributed by atoms with Gasteiger partial charge in [0.05, 0.1) is 0 Å². The Morgan fingerprint density at radius 2 is 1.62 bits per heavy atom. The van der Waals surface area contributed by atoms with Gasteiger partial charge in [-0.2, -0.15) is 0 Å². The van der Waals surface area contributed by atoms with Crippen molar-refractivity contribution in [1.29, 1.82) is 0 Å². The predicted molar refractivity (Wildman–Crippen MR) is 89.1 cm³/mol. The molecule has 0 saturated heterocycles. The third-order valence-electron chi connectivity index (χ3n) is 3.47. The highest BCUT2D eigenvalue weighted by atomic mass is 16.5. The zero-order chi connectivity index (χ0) is 14.5. The molecule has 0 unspecified atom stereocenters. The molecule has 3 aromatic rings. The summed E-state index contributed by atoms with van der Waals surface area (Å²) in [6.07, 6.45) is 0. The quantitative estimate of drug-likeness (QED) is 0.686. The lowest BCUT2D eigenvalue weighted by Gasteiger charge is -2.09. The average molecular weight is 277 g/mol. The van der Waals surface area contributed by atoms with Crippen molar-refractivity contribution in [3.8, 4) is 5.75 Å². The van der Waals surface area contributed by atoms with Gasteiger partial charge in [0.2, 0.25) is 0 Å². The first kappa shape index (κ1) is 13.5. The second-order valence-electron chi connectivity index (χ2n) is 5.15. The molecule has 0 aliphatic rings. The molecule has 0 radical (unpaired) electrons. The van der Waals surface area contributed by atoms with Crippen LogP contribution >= 0.6 is 0 Å². The normalized spacial score (nSPS) is 10.5. The van der Waals surface area contributed by atoms with Gasteiger partial charge in [0, 0.05) is 12.2 Å². The number of fused-ring (bicyclic) bond motifs is 1. The molecule has 0 heterocycles. The van der Waals surface area contributed by atoms with Gasteiger partial charge in [-0.1, -0.05) is 48.0 Å². The van der Waals surface area contributed by atoms with Crippen molar-refractivity contribution in [2.45, 2.75) is 6.92 Å². The summed E-state index contributed by atoms with van der Waals surface area (Å²) in [4.78, 5) is 0. The summed E-state index contributed by atoms with van der Waals surface area (Å²) in [5, 5.41) is 5.80. The number of rotatable bonds is 5. The van der Waals surface area contributed by atoms with E-state index in [1.165, 1.54) is 16.3 Å². The van der Waals surface area contributed by atoms with Crippen molar-refractivity contribution >= 4 is 16.5 Å². The van der Waals surface area contributed by atoms with E-state index in [-0.39, 0.29) is 0 Å². The first-order chi connectivity index (χ1) is 10.3. The summed E-state index contributed by atoms with van der Waals surface area (Å²) in [6.45, 7) is 3.52. The van der Waals surface area contributed by atoms with Crippen molar-refractivity contribution in [1.82, 2.24) is 0 Å². The van der Waals surface area contributed by atoms with Crippen molar-refractivity contribution in [2.24, 2.45) is 0 Å². The van der Waals surface area contributed by atoms with E-state index in [2.05, 4.69) is 60.8 Å². The van der Waals surface area contributed by atoms with Crippen LogP contribution in [0.2, 0.25) is 0 Å². The summed E-state index contributed by atoms with van der Waals surface area (Å²) in [5.74, 6) is 0.916. The highest BCUT2D eigenvalue weighted by molar-refractivity contribution is 5.83. The van der Waals surface area contributed by atoms with Gasteiger partial charge < -0.3 is 10.1 Å². The molecule has 0 saturated carbocycles. The average Bonchev–Trinajstić information content (AvgIpc) is 2.53. The van der Waals surface area contributed by atoms with Crippen molar-refractivity contribution < 1.29 is 4.74 Å². The smallest absolute Gasteiger partial charge is 0.120 e. The van der Waals surface area contributed by atoms with Crippen LogP contribution in [0.1, 0.15) is 5.56 Å². The second kappa shape index (κ2) is 6.31. The minimum atomic E-state index is 0.645. The van der Waals surface area contributed by atoms with Gasteiger partial charge in [-0.05, 0) is 42.0 Å². The van der Waals surface area contributed by atoms with E-state index in [4.69, 9.17) is 4.74 Å². The molecule has 0 spiro atoms. The summed E-state index contributed by atoms with van der Waals surface area (Å²) >= 11 is 0. The first-order valence-electron chi connectivity index (χ1n) is 7.23. The van der Waals surface area contributed by atoms with Crippen LogP contribution in [0.3, 0.4) is 0 Å². The van der Waals surface area contributed by atoms with Crippen LogP contribution in [-0.2, 0) is 0 Å². The maximum atomic E-state index is 5.80. The van der Waals surface area contributed by atoms with E-state index in [1.807, 2.05) is 18.2 Å². The van der Waals surface area contributed by atoms with Crippen LogP contribution in [0.15, 0.2) is 66.7 Å². The highest BCUT2D eigenvalue weighted by Crippen LogP contribution is 2.20. The molecule has 2 nitrogen and oxygen atoms in total. The summed E-state index contributed by atoms with van der Waals surface area (Å²) < 4.78 is 5.80. The van der Waals surface area contributed by atoms with E-state index in [0.29, 0.717) is 6.61 Å². The van der Waals surface area contributed by atoms with Gasteiger partial charge >= 0.3 is 0 Å². The lowest BCUT2D eigenvalue weighted by atomic mass is 10.1. The van der Waals surface area contributed by atoms with Crippen LogP contribution in [-0.4, -0.2) is 13.2 Å². The Bertz CT molecular complexity index is 719. The molecule has 0 atom stereocenters. The van der Waals surface area contributed by atoms with Crippen LogP contribution in [0.4, 0.5) is 5.69 Å². The van der Waals surface area contributed by atoms with Gasteiger partial charge in [-0.3, -0.25) is 0 Å². The minimum absolute atomic E-state index is 0.645. The summed E-state index contributed by atoms with van der Waals surface area (Å²) in [7, 11) is 0. The Hall–Kier alpha value is -2.48. The minimum Gasteiger partial charge on any atom is -0.492 e. The third-order valence-corrected chi connectivity index (χ3v) is 3.47. The van der Waals surface area contributed by atoms with E-state index in [1.54, 1.807) is 0 Å². The molecule has 3 aromatic carbocycles. The zero-order valence-corrected chi connectivity index (χ0v) is 12.2. The Morgan fingerprint density at radius 1 is 0.857 bits per heavy atom. The molecule has 0 aromatic heterocycles. The molecular formula is C19H19NO. The number of hydrogen-bond acceptors (Lipinski definition) is 2. The molecule has 106 valence electrons. The van der Waals surface area contributed by atoms with Gasteiger partial charge in [0.15, 0.2) is 0 Å². The van der Waals surface area contributed by atoms with Crippen LogP contribution < -0.4 is 10.1 Å². The van der Waals surface area contributed by atoms with E-state index >= 15 is 0 Å². The number of hydrogen-bond donors (Lipinski definition) is 1. The van der Waals surface area contributed by atoms with E-state index < -0.39 is 0 Å². The SMILES string of the molecule is Cc1ccc(NCCOc2ccc3ccccc3c2)cc1. The van der Waals surface area contributed by atoms with Crippen LogP contribution in [0.5, 0.6) is 5.75 Å². The Kier molecular flexibility index (Phi) is 4.06. The third kappa shape index (κ3) is 3.54. The fourth-order valence-electron chi connectivity index (χ4n) is 2.29.